The van der Waals surface area contributed by atoms with E-state index in [2.05, 4.69) is 10.5 Å². The molecule has 1 saturated heterocycles. The Balaban J connectivity index is 0.00000144. The standard InChI is InChI=1S/C10H14ClN3O2.ClH/c1-7-8(10(11)16-13-7)6-9(15)14-4-2-12-3-5-14;/h12H,2-6H2,1H3;1H. The third-order valence-corrected chi connectivity index (χ3v) is 3.03. The summed E-state index contributed by atoms with van der Waals surface area (Å²) in [5.41, 5.74) is 1.39. The van der Waals surface area contributed by atoms with Crippen molar-refractivity contribution in [3.63, 3.8) is 0 Å². The number of amides is 1. The fourth-order valence-corrected chi connectivity index (χ4v) is 1.97. The van der Waals surface area contributed by atoms with Crippen molar-refractivity contribution in [2.24, 2.45) is 0 Å². The van der Waals surface area contributed by atoms with Crippen molar-refractivity contribution in [1.82, 2.24) is 15.4 Å². The van der Waals surface area contributed by atoms with Gasteiger partial charge in [0, 0.05) is 31.7 Å². The van der Waals surface area contributed by atoms with Crippen molar-refractivity contribution >= 4 is 29.9 Å². The van der Waals surface area contributed by atoms with E-state index in [9.17, 15) is 4.79 Å². The molecule has 1 aromatic rings. The molecular weight excluding hydrogens is 265 g/mol. The maximum atomic E-state index is 11.9. The maximum Gasteiger partial charge on any atom is 0.229 e. The van der Waals surface area contributed by atoms with Crippen molar-refractivity contribution in [3.8, 4) is 0 Å². The smallest absolute Gasteiger partial charge is 0.229 e. The minimum Gasteiger partial charge on any atom is -0.344 e. The number of halogens is 2. The molecule has 0 radical (unpaired) electrons. The van der Waals surface area contributed by atoms with Crippen LogP contribution >= 0.6 is 24.0 Å². The number of hydrogen-bond acceptors (Lipinski definition) is 4. The predicted molar refractivity (Wildman–Crippen MR) is 66.7 cm³/mol. The molecule has 1 fully saturated rings. The van der Waals surface area contributed by atoms with Gasteiger partial charge in [-0.05, 0) is 18.5 Å². The van der Waals surface area contributed by atoms with Crippen LogP contribution in [-0.2, 0) is 11.2 Å². The Labute approximate surface area is 111 Å². The number of carbonyl (C=O) groups is 1. The highest BCUT2D eigenvalue weighted by molar-refractivity contribution is 6.29. The molecule has 0 aliphatic carbocycles. The van der Waals surface area contributed by atoms with Crippen molar-refractivity contribution in [2.75, 3.05) is 26.2 Å². The maximum absolute atomic E-state index is 11.9. The topological polar surface area (TPSA) is 58.4 Å². The van der Waals surface area contributed by atoms with Crippen LogP contribution in [0, 0.1) is 6.92 Å². The molecule has 96 valence electrons. The molecule has 0 atom stereocenters. The molecule has 1 aromatic heterocycles. The summed E-state index contributed by atoms with van der Waals surface area (Å²) >= 11 is 5.82. The lowest BCUT2D eigenvalue weighted by Gasteiger charge is -2.27. The Morgan fingerprint density at radius 2 is 2.18 bits per heavy atom. The van der Waals surface area contributed by atoms with Crippen LogP contribution in [0.3, 0.4) is 0 Å². The molecule has 0 aromatic carbocycles. The minimum atomic E-state index is 0. The van der Waals surface area contributed by atoms with Gasteiger partial charge in [0.2, 0.25) is 11.1 Å². The van der Waals surface area contributed by atoms with E-state index in [-0.39, 0.29) is 30.0 Å². The van der Waals surface area contributed by atoms with Gasteiger partial charge in [0.25, 0.3) is 0 Å². The predicted octanol–water partition coefficient (Wildman–Crippen LogP) is 1.03. The van der Waals surface area contributed by atoms with Gasteiger partial charge in [-0.1, -0.05) is 5.16 Å². The van der Waals surface area contributed by atoms with Crippen LogP contribution in [-0.4, -0.2) is 42.1 Å². The first-order valence-electron chi connectivity index (χ1n) is 5.27. The summed E-state index contributed by atoms with van der Waals surface area (Å²) in [7, 11) is 0. The van der Waals surface area contributed by atoms with Gasteiger partial charge in [-0.25, -0.2) is 0 Å². The third-order valence-electron chi connectivity index (χ3n) is 2.73. The van der Waals surface area contributed by atoms with Gasteiger partial charge >= 0.3 is 0 Å². The second kappa shape index (κ2) is 6.23. The molecule has 1 aliphatic rings. The molecule has 0 bridgehead atoms. The van der Waals surface area contributed by atoms with Crippen LogP contribution in [0.15, 0.2) is 4.52 Å². The summed E-state index contributed by atoms with van der Waals surface area (Å²) in [6, 6.07) is 0. The number of rotatable bonds is 2. The zero-order chi connectivity index (χ0) is 11.5. The summed E-state index contributed by atoms with van der Waals surface area (Å²) in [6.45, 7) is 4.99. The lowest BCUT2D eigenvalue weighted by molar-refractivity contribution is -0.131. The second-order valence-electron chi connectivity index (χ2n) is 3.83. The first-order chi connectivity index (χ1) is 7.68. The molecule has 2 heterocycles. The third kappa shape index (κ3) is 3.34. The van der Waals surface area contributed by atoms with Crippen molar-refractivity contribution in [1.29, 1.82) is 0 Å². The van der Waals surface area contributed by atoms with Gasteiger partial charge in [0.05, 0.1) is 12.1 Å². The highest BCUT2D eigenvalue weighted by atomic mass is 35.5. The Morgan fingerprint density at radius 1 is 1.53 bits per heavy atom. The van der Waals surface area contributed by atoms with E-state index in [0.29, 0.717) is 11.3 Å². The molecule has 1 aliphatic heterocycles. The van der Waals surface area contributed by atoms with Crippen LogP contribution in [0.4, 0.5) is 0 Å². The summed E-state index contributed by atoms with van der Waals surface area (Å²) in [5.74, 6) is 0.0784. The van der Waals surface area contributed by atoms with Crippen LogP contribution in [0.25, 0.3) is 0 Å². The van der Waals surface area contributed by atoms with E-state index in [1.807, 2.05) is 4.90 Å². The summed E-state index contributed by atoms with van der Waals surface area (Å²) in [6.07, 6.45) is 0.272. The first kappa shape index (κ1) is 14.3. The zero-order valence-electron chi connectivity index (χ0n) is 9.53. The normalized spacial score (nSPS) is 15.5. The SMILES string of the molecule is Cc1noc(Cl)c1CC(=O)N1CCNCC1.Cl. The van der Waals surface area contributed by atoms with Crippen molar-refractivity contribution in [2.45, 2.75) is 13.3 Å². The molecule has 1 N–H and O–H groups in total. The monoisotopic (exact) mass is 279 g/mol. The minimum absolute atomic E-state index is 0. The fourth-order valence-electron chi connectivity index (χ4n) is 1.74. The molecule has 5 nitrogen and oxygen atoms in total. The average molecular weight is 280 g/mol. The van der Waals surface area contributed by atoms with Crippen molar-refractivity contribution < 1.29 is 9.32 Å². The van der Waals surface area contributed by atoms with E-state index in [0.717, 1.165) is 26.2 Å². The molecule has 7 heteroatoms. The number of hydrogen-bond donors (Lipinski definition) is 1. The molecule has 17 heavy (non-hydrogen) atoms. The molecule has 2 rings (SSSR count). The number of nitrogens with zero attached hydrogens (tertiary/aromatic N) is 2. The highest BCUT2D eigenvalue weighted by Gasteiger charge is 2.20. The van der Waals surface area contributed by atoms with Crippen molar-refractivity contribution in [3.05, 3.63) is 16.5 Å². The fraction of sp³-hybridized carbons (Fsp3) is 0.600. The number of aromatic nitrogens is 1. The number of nitrogens with one attached hydrogen (secondary N) is 1. The lowest BCUT2D eigenvalue weighted by atomic mass is 10.1. The second-order valence-corrected chi connectivity index (χ2v) is 4.17. The summed E-state index contributed by atoms with van der Waals surface area (Å²) in [5, 5.41) is 7.15. The molecule has 0 spiro atoms. The van der Waals surface area contributed by atoms with Crippen LogP contribution in [0.5, 0.6) is 0 Å². The Morgan fingerprint density at radius 3 is 2.71 bits per heavy atom. The van der Waals surface area contributed by atoms with Crippen LogP contribution < -0.4 is 5.32 Å². The van der Waals surface area contributed by atoms with Gasteiger partial charge in [-0.2, -0.15) is 0 Å². The molecule has 0 unspecified atom stereocenters. The first-order valence-corrected chi connectivity index (χ1v) is 5.65. The lowest BCUT2D eigenvalue weighted by Crippen LogP contribution is -2.47. The van der Waals surface area contributed by atoms with E-state index >= 15 is 0 Å². The number of piperazine rings is 1. The Bertz CT molecular complexity index is 369. The van der Waals surface area contributed by atoms with E-state index < -0.39 is 0 Å². The molecular formula is C10H15Cl2N3O2. The zero-order valence-corrected chi connectivity index (χ0v) is 11.1. The largest absolute Gasteiger partial charge is 0.344 e. The van der Waals surface area contributed by atoms with Gasteiger partial charge in [-0.15, -0.1) is 12.4 Å². The van der Waals surface area contributed by atoms with Gasteiger partial charge in [0.15, 0.2) is 0 Å². The number of aryl methyl sites for hydroxylation is 1. The summed E-state index contributed by atoms with van der Waals surface area (Å²) in [4.78, 5) is 13.8. The van der Waals surface area contributed by atoms with Crippen LogP contribution in [0.2, 0.25) is 5.22 Å². The van der Waals surface area contributed by atoms with Gasteiger partial charge in [-0.3, -0.25) is 4.79 Å². The molecule has 1 amide bonds. The Kier molecular flexibility index (Phi) is 5.24. The van der Waals surface area contributed by atoms with E-state index in [4.69, 9.17) is 16.1 Å². The Hall–Kier alpha value is -0.780. The van der Waals surface area contributed by atoms with Gasteiger partial charge in [0.1, 0.15) is 0 Å². The van der Waals surface area contributed by atoms with Crippen LogP contribution in [0.1, 0.15) is 11.3 Å². The summed E-state index contributed by atoms with van der Waals surface area (Å²) < 4.78 is 4.82. The van der Waals surface area contributed by atoms with E-state index in [1.54, 1.807) is 6.92 Å². The average Bonchev–Trinajstić information content (AvgIpc) is 2.62. The quantitative estimate of drug-likeness (QED) is 0.879. The molecule has 0 saturated carbocycles. The van der Waals surface area contributed by atoms with E-state index in [1.165, 1.54) is 0 Å². The number of carbonyl (C=O) groups excluding carboxylic acids is 1. The van der Waals surface area contributed by atoms with Gasteiger partial charge < -0.3 is 14.7 Å². The highest BCUT2D eigenvalue weighted by Crippen LogP contribution is 2.20.